The zero-order valence-corrected chi connectivity index (χ0v) is 10.6. The molecular formula is C12H15NO3S. The SMILES string of the molecule is CC(=O)c1cccc(S(=O)(=O)NC2CC2C)c1. The first kappa shape index (κ1) is 12.3. The van der Waals surface area contributed by atoms with Gasteiger partial charge in [-0.25, -0.2) is 13.1 Å². The third-order valence-electron chi connectivity index (χ3n) is 2.97. The quantitative estimate of drug-likeness (QED) is 0.828. The number of sulfonamides is 1. The lowest BCUT2D eigenvalue weighted by molar-refractivity contribution is 0.101. The smallest absolute Gasteiger partial charge is 0.240 e. The van der Waals surface area contributed by atoms with E-state index in [9.17, 15) is 13.2 Å². The van der Waals surface area contributed by atoms with Crippen LogP contribution in [0.1, 0.15) is 30.6 Å². The van der Waals surface area contributed by atoms with E-state index in [4.69, 9.17) is 0 Å². The highest BCUT2D eigenvalue weighted by atomic mass is 32.2. The minimum absolute atomic E-state index is 0.0426. The molecule has 0 saturated heterocycles. The lowest BCUT2D eigenvalue weighted by Gasteiger charge is -2.06. The van der Waals surface area contributed by atoms with Gasteiger partial charge in [-0.05, 0) is 31.4 Å². The maximum absolute atomic E-state index is 12.0. The van der Waals surface area contributed by atoms with E-state index in [0.717, 1.165) is 6.42 Å². The Balaban J connectivity index is 2.26. The molecule has 2 rings (SSSR count). The Morgan fingerprint density at radius 3 is 2.59 bits per heavy atom. The van der Waals surface area contributed by atoms with Crippen LogP contribution in [0.3, 0.4) is 0 Å². The van der Waals surface area contributed by atoms with Crippen LogP contribution in [0, 0.1) is 5.92 Å². The van der Waals surface area contributed by atoms with Crippen molar-refractivity contribution in [1.82, 2.24) is 4.72 Å². The van der Waals surface area contributed by atoms with Gasteiger partial charge in [-0.2, -0.15) is 0 Å². The number of carbonyl (C=O) groups excluding carboxylic acids is 1. The monoisotopic (exact) mass is 253 g/mol. The van der Waals surface area contributed by atoms with Crippen molar-refractivity contribution in [2.75, 3.05) is 0 Å². The molecule has 92 valence electrons. The lowest BCUT2D eigenvalue weighted by Crippen LogP contribution is -2.26. The van der Waals surface area contributed by atoms with Crippen molar-refractivity contribution in [3.63, 3.8) is 0 Å². The summed E-state index contributed by atoms with van der Waals surface area (Å²) in [5, 5.41) is 0. The van der Waals surface area contributed by atoms with Crippen molar-refractivity contribution in [1.29, 1.82) is 0 Å². The number of nitrogens with one attached hydrogen (secondary N) is 1. The van der Waals surface area contributed by atoms with E-state index in [1.54, 1.807) is 12.1 Å². The minimum Gasteiger partial charge on any atom is -0.295 e. The highest BCUT2D eigenvalue weighted by molar-refractivity contribution is 7.89. The van der Waals surface area contributed by atoms with Gasteiger partial charge in [-0.3, -0.25) is 4.79 Å². The molecule has 1 aromatic carbocycles. The van der Waals surface area contributed by atoms with Gasteiger partial charge in [0.05, 0.1) is 4.90 Å². The van der Waals surface area contributed by atoms with Crippen LogP contribution in [0.5, 0.6) is 0 Å². The van der Waals surface area contributed by atoms with E-state index in [2.05, 4.69) is 4.72 Å². The summed E-state index contributed by atoms with van der Waals surface area (Å²) in [6.07, 6.45) is 0.881. The summed E-state index contributed by atoms with van der Waals surface area (Å²) in [4.78, 5) is 11.4. The van der Waals surface area contributed by atoms with Crippen molar-refractivity contribution in [3.05, 3.63) is 29.8 Å². The van der Waals surface area contributed by atoms with E-state index in [1.807, 2.05) is 6.92 Å². The third kappa shape index (κ3) is 2.73. The molecule has 1 aliphatic rings. The molecule has 1 aliphatic carbocycles. The summed E-state index contributed by atoms with van der Waals surface area (Å²) < 4.78 is 26.6. The number of carbonyl (C=O) groups is 1. The lowest BCUT2D eigenvalue weighted by atomic mass is 10.2. The van der Waals surface area contributed by atoms with Gasteiger partial charge in [0, 0.05) is 11.6 Å². The van der Waals surface area contributed by atoms with Crippen LogP contribution in [-0.2, 0) is 10.0 Å². The molecular weight excluding hydrogens is 238 g/mol. The van der Waals surface area contributed by atoms with E-state index in [0.29, 0.717) is 11.5 Å². The van der Waals surface area contributed by atoms with Crippen LogP contribution in [0.2, 0.25) is 0 Å². The maximum Gasteiger partial charge on any atom is 0.240 e. The van der Waals surface area contributed by atoms with Crippen molar-refractivity contribution in [2.45, 2.75) is 31.2 Å². The second-order valence-electron chi connectivity index (χ2n) is 4.52. The van der Waals surface area contributed by atoms with Crippen LogP contribution < -0.4 is 4.72 Å². The molecule has 0 radical (unpaired) electrons. The fourth-order valence-corrected chi connectivity index (χ4v) is 3.04. The number of rotatable bonds is 4. The van der Waals surface area contributed by atoms with E-state index >= 15 is 0 Å². The summed E-state index contributed by atoms with van der Waals surface area (Å²) in [5.74, 6) is 0.266. The minimum atomic E-state index is -3.49. The standard InChI is InChI=1S/C12H15NO3S/c1-8-6-12(8)13-17(15,16)11-5-3-4-10(7-11)9(2)14/h3-5,7-8,12-13H,6H2,1-2H3. The van der Waals surface area contributed by atoms with Gasteiger partial charge in [0.25, 0.3) is 0 Å². The van der Waals surface area contributed by atoms with Crippen molar-refractivity contribution >= 4 is 15.8 Å². The Hall–Kier alpha value is -1.20. The molecule has 1 saturated carbocycles. The van der Waals surface area contributed by atoms with Gasteiger partial charge >= 0.3 is 0 Å². The second kappa shape index (κ2) is 4.23. The number of hydrogen-bond acceptors (Lipinski definition) is 3. The van der Waals surface area contributed by atoms with Crippen LogP contribution in [0.15, 0.2) is 29.2 Å². The average Bonchev–Trinajstić information content (AvgIpc) is 2.93. The zero-order valence-electron chi connectivity index (χ0n) is 9.80. The summed E-state index contributed by atoms with van der Waals surface area (Å²) in [7, 11) is -3.49. The van der Waals surface area contributed by atoms with Gasteiger partial charge in [0.2, 0.25) is 10.0 Å². The summed E-state index contributed by atoms with van der Waals surface area (Å²) in [6.45, 7) is 3.42. The van der Waals surface area contributed by atoms with Gasteiger partial charge in [0.15, 0.2) is 5.78 Å². The number of Topliss-reactive ketones (excluding diaryl/α,β-unsaturated/α-hetero) is 1. The molecule has 5 heteroatoms. The van der Waals surface area contributed by atoms with Gasteiger partial charge in [-0.15, -0.1) is 0 Å². The Kier molecular flexibility index (Phi) is 3.05. The first-order valence-corrected chi connectivity index (χ1v) is 7.02. The molecule has 2 atom stereocenters. The predicted octanol–water partition coefficient (Wildman–Crippen LogP) is 1.58. The van der Waals surface area contributed by atoms with Crippen LogP contribution in [0.4, 0.5) is 0 Å². The molecule has 1 aromatic rings. The van der Waals surface area contributed by atoms with Gasteiger partial charge in [-0.1, -0.05) is 19.1 Å². The molecule has 1 fully saturated rings. The van der Waals surface area contributed by atoms with E-state index in [1.165, 1.54) is 19.1 Å². The van der Waals surface area contributed by atoms with E-state index in [-0.39, 0.29) is 16.7 Å². The largest absolute Gasteiger partial charge is 0.295 e. The summed E-state index contributed by atoms with van der Waals surface area (Å²) in [6, 6.07) is 6.16. The van der Waals surface area contributed by atoms with Crippen molar-refractivity contribution in [2.24, 2.45) is 5.92 Å². The van der Waals surface area contributed by atoms with Crippen LogP contribution in [-0.4, -0.2) is 20.2 Å². The maximum atomic E-state index is 12.0. The zero-order chi connectivity index (χ0) is 12.6. The fourth-order valence-electron chi connectivity index (χ4n) is 1.64. The normalized spacial score (nSPS) is 23.4. The third-order valence-corrected chi connectivity index (χ3v) is 4.45. The van der Waals surface area contributed by atoms with Gasteiger partial charge in [0.1, 0.15) is 0 Å². The highest BCUT2D eigenvalue weighted by Gasteiger charge is 2.36. The summed E-state index contributed by atoms with van der Waals surface area (Å²) >= 11 is 0. The average molecular weight is 253 g/mol. The van der Waals surface area contributed by atoms with E-state index < -0.39 is 10.0 Å². The molecule has 0 aromatic heterocycles. The second-order valence-corrected chi connectivity index (χ2v) is 6.24. The molecule has 0 bridgehead atoms. The predicted molar refractivity (Wildman–Crippen MR) is 64.3 cm³/mol. The summed E-state index contributed by atoms with van der Waals surface area (Å²) in [5.41, 5.74) is 0.414. The Morgan fingerprint density at radius 1 is 1.41 bits per heavy atom. The molecule has 1 N–H and O–H groups in total. The van der Waals surface area contributed by atoms with Crippen LogP contribution in [0.25, 0.3) is 0 Å². The molecule has 2 unspecified atom stereocenters. The van der Waals surface area contributed by atoms with Crippen molar-refractivity contribution < 1.29 is 13.2 Å². The Labute approximate surface area is 101 Å². The molecule has 4 nitrogen and oxygen atoms in total. The molecule has 0 aliphatic heterocycles. The molecule has 0 spiro atoms. The first-order chi connectivity index (χ1) is 7.90. The van der Waals surface area contributed by atoms with Gasteiger partial charge < -0.3 is 0 Å². The van der Waals surface area contributed by atoms with Crippen LogP contribution >= 0.6 is 0 Å². The molecule has 0 heterocycles. The Morgan fingerprint density at radius 2 is 2.06 bits per heavy atom. The molecule has 17 heavy (non-hydrogen) atoms. The first-order valence-electron chi connectivity index (χ1n) is 5.53. The molecule has 0 amide bonds. The number of ketones is 1. The number of hydrogen-bond donors (Lipinski definition) is 1. The van der Waals surface area contributed by atoms with Crippen molar-refractivity contribution in [3.8, 4) is 0 Å². The fraction of sp³-hybridized carbons (Fsp3) is 0.417. The topological polar surface area (TPSA) is 63.2 Å². The highest BCUT2D eigenvalue weighted by Crippen LogP contribution is 2.30. The number of benzene rings is 1. The Bertz CT molecular complexity index is 551.